The van der Waals surface area contributed by atoms with Crippen LogP contribution in [0, 0.1) is 17.7 Å². The minimum atomic E-state index is -1.31. The van der Waals surface area contributed by atoms with Crippen molar-refractivity contribution in [2.75, 3.05) is 26.9 Å². The number of pyridine rings is 1. The predicted octanol–water partition coefficient (Wildman–Crippen LogP) is 4.52. The Morgan fingerprint density at radius 3 is 2.72 bits per heavy atom. The van der Waals surface area contributed by atoms with Crippen molar-refractivity contribution in [2.45, 2.75) is 64.1 Å². The molecule has 212 valence electrons. The molecule has 2 aromatic heterocycles. The quantitative estimate of drug-likeness (QED) is 0.133. The van der Waals surface area contributed by atoms with E-state index in [0.717, 1.165) is 12.2 Å². The molecule has 1 spiro atoms. The minimum absolute atomic E-state index is 0.0784. The highest BCUT2D eigenvalue weighted by molar-refractivity contribution is 6.76. The zero-order valence-electron chi connectivity index (χ0n) is 23.5. The highest BCUT2D eigenvalue weighted by atomic mass is 28.3. The summed E-state index contributed by atoms with van der Waals surface area (Å²) in [6.07, 6.45) is 2.97. The molecule has 2 aliphatic rings. The van der Waals surface area contributed by atoms with Crippen LogP contribution in [0.3, 0.4) is 0 Å². The maximum absolute atomic E-state index is 15.1. The van der Waals surface area contributed by atoms with Crippen molar-refractivity contribution >= 4 is 25.6 Å². The van der Waals surface area contributed by atoms with Gasteiger partial charge in [0.05, 0.1) is 31.5 Å². The molecule has 1 saturated heterocycles. The van der Waals surface area contributed by atoms with E-state index in [9.17, 15) is 9.59 Å². The molecular formula is C28H39FN4O5Si. The number of hydrogen-bond acceptors (Lipinski definition) is 8. The van der Waals surface area contributed by atoms with Gasteiger partial charge in [-0.2, -0.15) is 5.10 Å². The number of nitrogens with zero attached hydrogens (tertiary/aromatic N) is 3. The summed E-state index contributed by atoms with van der Waals surface area (Å²) in [6.45, 7) is 14.2. The number of ketones is 1. The molecule has 3 atom stereocenters. The molecule has 11 heteroatoms. The monoisotopic (exact) mass is 558 g/mol. The third-order valence-corrected chi connectivity index (χ3v) is 9.19. The van der Waals surface area contributed by atoms with Crippen LogP contribution in [-0.4, -0.2) is 67.0 Å². The zero-order chi connectivity index (χ0) is 28.4. The third kappa shape index (κ3) is 6.64. The first-order valence-corrected chi connectivity index (χ1v) is 17.2. The van der Waals surface area contributed by atoms with E-state index in [1.165, 1.54) is 11.8 Å². The molecule has 0 radical (unpaired) electrons. The second-order valence-electron chi connectivity index (χ2n) is 11.6. The van der Waals surface area contributed by atoms with Gasteiger partial charge >= 0.3 is 5.97 Å². The molecule has 2 aromatic rings. The molecule has 3 unspecified atom stereocenters. The average molecular weight is 559 g/mol. The zero-order valence-corrected chi connectivity index (χ0v) is 24.5. The highest BCUT2D eigenvalue weighted by Crippen LogP contribution is 2.51. The Kier molecular flexibility index (Phi) is 8.72. The maximum atomic E-state index is 15.1. The summed E-state index contributed by atoms with van der Waals surface area (Å²) in [7, 11) is 0.0796. The summed E-state index contributed by atoms with van der Waals surface area (Å²) in [6, 6.07) is 4.14. The van der Waals surface area contributed by atoms with Gasteiger partial charge in [0.15, 0.2) is 11.6 Å². The van der Waals surface area contributed by atoms with Crippen LogP contribution in [0.4, 0.5) is 4.39 Å². The summed E-state index contributed by atoms with van der Waals surface area (Å²) in [5.74, 6) is -1.15. The first-order valence-electron chi connectivity index (χ1n) is 13.5. The number of carbonyl (C=O) groups excluding carboxylic acids is 2. The molecule has 1 N–H and O–H groups in total. The van der Waals surface area contributed by atoms with Crippen LogP contribution in [0.1, 0.15) is 42.4 Å². The van der Waals surface area contributed by atoms with Crippen molar-refractivity contribution < 1.29 is 28.2 Å². The fraction of sp³-hybridized carbons (Fsp3) is 0.571. The Labute approximate surface area is 230 Å². The fourth-order valence-electron chi connectivity index (χ4n) is 5.14. The van der Waals surface area contributed by atoms with Gasteiger partial charge < -0.3 is 19.5 Å². The number of methoxy groups -OCH3 is 1. The van der Waals surface area contributed by atoms with E-state index in [1.807, 2.05) is 6.92 Å². The average Bonchev–Trinajstić information content (AvgIpc) is 3.40. The van der Waals surface area contributed by atoms with Gasteiger partial charge in [-0.1, -0.05) is 26.2 Å². The van der Waals surface area contributed by atoms with E-state index < -0.39 is 19.4 Å². The van der Waals surface area contributed by atoms with Crippen LogP contribution in [0.5, 0.6) is 0 Å². The third-order valence-electron chi connectivity index (χ3n) is 7.48. The number of Topliss-reactive ketones (excluding diaryl/α,β-unsaturated/α-hetero) is 1. The van der Waals surface area contributed by atoms with Crippen LogP contribution in [-0.2, 0) is 25.7 Å². The Balaban J connectivity index is 1.61. The van der Waals surface area contributed by atoms with Gasteiger partial charge in [0, 0.05) is 31.7 Å². The number of halogens is 1. The van der Waals surface area contributed by atoms with Crippen molar-refractivity contribution in [3.8, 4) is 11.3 Å². The summed E-state index contributed by atoms with van der Waals surface area (Å²) in [5, 5.41) is 8.03. The maximum Gasteiger partial charge on any atom is 0.308 e. The Morgan fingerprint density at radius 1 is 1.26 bits per heavy atom. The van der Waals surface area contributed by atoms with Crippen LogP contribution in [0.15, 0.2) is 24.9 Å². The number of nitrogens with one attached hydrogen (secondary N) is 1. The van der Waals surface area contributed by atoms with Crippen molar-refractivity contribution in [2.24, 2.45) is 11.8 Å². The van der Waals surface area contributed by atoms with E-state index in [2.05, 4.69) is 41.6 Å². The number of esters is 1. The van der Waals surface area contributed by atoms with E-state index >= 15 is 4.39 Å². The van der Waals surface area contributed by atoms with Gasteiger partial charge in [-0.25, -0.2) is 14.1 Å². The second kappa shape index (κ2) is 11.7. The van der Waals surface area contributed by atoms with Crippen molar-refractivity contribution in [3.63, 3.8) is 0 Å². The van der Waals surface area contributed by atoms with E-state index in [1.54, 1.807) is 12.1 Å². The first-order chi connectivity index (χ1) is 18.5. The Morgan fingerprint density at radius 2 is 2.03 bits per heavy atom. The van der Waals surface area contributed by atoms with Crippen LogP contribution < -0.4 is 5.32 Å². The lowest BCUT2D eigenvalue weighted by Gasteiger charge is -2.29. The van der Waals surface area contributed by atoms with Crippen molar-refractivity contribution in [1.82, 2.24) is 20.1 Å². The second-order valence-corrected chi connectivity index (χ2v) is 17.2. The van der Waals surface area contributed by atoms with Crippen LogP contribution in [0.25, 0.3) is 17.0 Å². The molecule has 0 amide bonds. The molecule has 1 saturated carbocycles. The SMILES string of the molecule is C=C(OCC)c1cc(-c2cc(C(=O)C3CC34CC(C(=O)OC)CCN4)nn2COCC[Si](C)(C)C)c(F)cn1. The number of piperidine rings is 1. The molecule has 0 bridgehead atoms. The largest absolute Gasteiger partial charge is 0.492 e. The van der Waals surface area contributed by atoms with E-state index in [4.69, 9.17) is 14.2 Å². The van der Waals surface area contributed by atoms with Gasteiger partial charge in [-0.3, -0.25) is 9.59 Å². The van der Waals surface area contributed by atoms with Crippen molar-refractivity contribution in [3.05, 3.63) is 42.1 Å². The molecule has 1 aliphatic carbocycles. The smallest absolute Gasteiger partial charge is 0.308 e. The lowest BCUT2D eigenvalue weighted by Crippen LogP contribution is -2.45. The van der Waals surface area contributed by atoms with Crippen LogP contribution in [0.2, 0.25) is 25.7 Å². The molecule has 1 aliphatic heterocycles. The van der Waals surface area contributed by atoms with Gasteiger partial charge in [0.1, 0.15) is 23.9 Å². The number of aromatic nitrogens is 3. The van der Waals surface area contributed by atoms with Gasteiger partial charge in [0.25, 0.3) is 0 Å². The lowest BCUT2D eigenvalue weighted by atomic mass is 9.88. The first kappa shape index (κ1) is 29.1. The number of ether oxygens (including phenoxy) is 3. The lowest BCUT2D eigenvalue weighted by molar-refractivity contribution is -0.146. The summed E-state index contributed by atoms with van der Waals surface area (Å²) < 4.78 is 33.0. The van der Waals surface area contributed by atoms with Gasteiger partial charge in [-0.15, -0.1) is 0 Å². The van der Waals surface area contributed by atoms with E-state index in [0.29, 0.717) is 56.2 Å². The normalized spacial score (nSPS) is 22.5. The molecule has 3 heterocycles. The van der Waals surface area contributed by atoms with Gasteiger partial charge in [0.2, 0.25) is 0 Å². The molecule has 0 aromatic carbocycles. The molecule has 39 heavy (non-hydrogen) atoms. The summed E-state index contributed by atoms with van der Waals surface area (Å²) in [4.78, 5) is 29.9. The van der Waals surface area contributed by atoms with Gasteiger partial charge in [-0.05, 0) is 50.9 Å². The number of rotatable bonds is 12. The van der Waals surface area contributed by atoms with E-state index in [-0.39, 0.29) is 41.6 Å². The minimum Gasteiger partial charge on any atom is -0.492 e. The number of hydrogen-bond donors (Lipinski definition) is 1. The standard InChI is InChI=1S/C28H39FN4O5Si/c1-7-38-18(2)23-12-20(22(29)16-30-23)25-13-24(32-33(25)17-37-10-11-39(4,5)6)26(34)21-15-28(21)14-19(8-9-31-28)27(35)36-3/h12-13,16,19,21,31H,2,7-11,14-15,17H2,1,3-6H3. The molecule has 2 fully saturated rings. The fourth-order valence-corrected chi connectivity index (χ4v) is 5.90. The number of carbonyl (C=O) groups is 2. The van der Waals surface area contributed by atoms with Crippen molar-refractivity contribution in [1.29, 1.82) is 0 Å². The Hall–Kier alpha value is -2.89. The predicted molar refractivity (Wildman–Crippen MR) is 148 cm³/mol. The molecule has 4 rings (SSSR count). The summed E-state index contributed by atoms with van der Waals surface area (Å²) in [5.41, 5.74) is 0.846. The highest BCUT2D eigenvalue weighted by Gasteiger charge is 2.60. The summed E-state index contributed by atoms with van der Waals surface area (Å²) >= 11 is 0. The Bertz CT molecular complexity index is 1240. The molecule has 9 nitrogen and oxygen atoms in total. The topological polar surface area (TPSA) is 105 Å². The van der Waals surface area contributed by atoms with Crippen LogP contribution >= 0.6 is 0 Å². The molecular weight excluding hydrogens is 519 g/mol.